The minimum Gasteiger partial charge on any atom is -0.426 e. The van der Waals surface area contributed by atoms with E-state index in [0.29, 0.717) is 48.4 Å². The Kier molecular flexibility index (Phi) is 6.22. The highest BCUT2D eigenvalue weighted by Gasteiger charge is 2.27. The molecule has 2 aromatic carbocycles. The van der Waals surface area contributed by atoms with Crippen molar-refractivity contribution in [2.24, 2.45) is 5.92 Å². The number of hydrogen-bond donors (Lipinski definition) is 0. The summed E-state index contributed by atoms with van der Waals surface area (Å²) in [4.78, 5) is 31.4. The average molecular weight is 429 g/mol. The second kappa shape index (κ2) is 9.40. The highest BCUT2D eigenvalue weighted by atomic mass is 19.1. The van der Waals surface area contributed by atoms with Crippen molar-refractivity contribution < 1.29 is 18.7 Å². The van der Waals surface area contributed by atoms with Gasteiger partial charge < -0.3 is 9.64 Å². The Bertz CT molecular complexity index is 1150. The van der Waals surface area contributed by atoms with Crippen LogP contribution in [0.3, 0.4) is 0 Å². The molecular formula is C25H20FN3O3. The van der Waals surface area contributed by atoms with Crippen LogP contribution >= 0.6 is 0 Å². The third kappa shape index (κ3) is 4.81. The molecule has 1 aliphatic rings. The van der Waals surface area contributed by atoms with Crippen molar-refractivity contribution >= 4 is 17.6 Å². The summed E-state index contributed by atoms with van der Waals surface area (Å²) in [5.74, 6) is 0.0220. The van der Waals surface area contributed by atoms with Gasteiger partial charge in [-0.2, -0.15) is 5.26 Å². The Balaban J connectivity index is 1.31. The van der Waals surface area contributed by atoms with Crippen LogP contribution in [0.15, 0.2) is 66.9 Å². The van der Waals surface area contributed by atoms with Crippen molar-refractivity contribution in [2.75, 3.05) is 18.0 Å². The summed E-state index contributed by atoms with van der Waals surface area (Å²) >= 11 is 0. The number of nitrogens with zero attached hydrogens (tertiary/aromatic N) is 3. The van der Waals surface area contributed by atoms with Gasteiger partial charge in [0, 0.05) is 30.4 Å². The number of nitriles is 1. The van der Waals surface area contributed by atoms with Crippen LogP contribution in [0.25, 0.3) is 0 Å². The first-order valence-electron chi connectivity index (χ1n) is 10.3. The number of pyridine rings is 1. The molecule has 0 unspecified atom stereocenters. The number of benzene rings is 2. The third-order valence-electron chi connectivity index (χ3n) is 5.47. The molecule has 7 heteroatoms. The molecule has 1 aromatic heterocycles. The number of ketones is 1. The van der Waals surface area contributed by atoms with Gasteiger partial charge in [-0.1, -0.05) is 0 Å². The Morgan fingerprint density at radius 3 is 2.16 bits per heavy atom. The van der Waals surface area contributed by atoms with E-state index < -0.39 is 5.82 Å². The van der Waals surface area contributed by atoms with Crippen molar-refractivity contribution in [2.45, 2.75) is 12.8 Å². The van der Waals surface area contributed by atoms with Crippen LogP contribution in [-0.4, -0.2) is 29.8 Å². The van der Waals surface area contributed by atoms with Gasteiger partial charge in [-0.15, -0.1) is 0 Å². The third-order valence-corrected chi connectivity index (χ3v) is 5.47. The van der Waals surface area contributed by atoms with E-state index in [1.165, 1.54) is 24.3 Å². The molecule has 0 amide bonds. The first kappa shape index (κ1) is 21.2. The molecule has 2 heterocycles. The van der Waals surface area contributed by atoms with Crippen LogP contribution < -0.4 is 9.64 Å². The number of aromatic nitrogens is 1. The smallest absolute Gasteiger partial charge is 0.314 e. The minimum absolute atomic E-state index is 0.217. The van der Waals surface area contributed by atoms with Gasteiger partial charge in [-0.05, 0) is 73.5 Å². The number of carbonyl (C=O) groups excluding carboxylic acids is 2. The predicted molar refractivity (Wildman–Crippen MR) is 116 cm³/mol. The van der Waals surface area contributed by atoms with Crippen LogP contribution in [0.5, 0.6) is 5.75 Å². The second-order valence-electron chi connectivity index (χ2n) is 7.56. The lowest BCUT2D eigenvalue weighted by Crippen LogP contribution is -2.38. The molecule has 1 aliphatic heterocycles. The fourth-order valence-electron chi connectivity index (χ4n) is 3.63. The summed E-state index contributed by atoms with van der Waals surface area (Å²) in [6.45, 7) is 1.34. The Labute approximate surface area is 184 Å². The lowest BCUT2D eigenvalue weighted by molar-refractivity contribution is -0.139. The summed E-state index contributed by atoms with van der Waals surface area (Å²) in [7, 11) is 0. The fourth-order valence-corrected chi connectivity index (χ4v) is 3.63. The molecule has 0 bridgehead atoms. The molecule has 0 spiro atoms. The summed E-state index contributed by atoms with van der Waals surface area (Å²) in [5.41, 5.74) is 1.33. The van der Waals surface area contributed by atoms with E-state index >= 15 is 0 Å². The molecule has 0 aliphatic carbocycles. The average Bonchev–Trinajstić information content (AvgIpc) is 2.85. The lowest BCUT2D eigenvalue weighted by Gasteiger charge is -2.31. The number of anilines is 1. The largest absolute Gasteiger partial charge is 0.426 e. The van der Waals surface area contributed by atoms with E-state index in [4.69, 9.17) is 10.00 Å². The maximum absolute atomic E-state index is 13.0. The normalized spacial score (nSPS) is 13.9. The first-order valence-corrected chi connectivity index (χ1v) is 10.3. The zero-order valence-electron chi connectivity index (χ0n) is 17.2. The van der Waals surface area contributed by atoms with E-state index in [-0.39, 0.29) is 17.7 Å². The van der Waals surface area contributed by atoms with Crippen molar-refractivity contribution in [1.29, 1.82) is 5.26 Å². The second-order valence-corrected chi connectivity index (χ2v) is 7.56. The molecular weight excluding hydrogens is 409 g/mol. The summed E-state index contributed by atoms with van der Waals surface area (Å²) < 4.78 is 18.6. The molecule has 160 valence electrons. The summed E-state index contributed by atoms with van der Waals surface area (Å²) in [6, 6.07) is 17.3. The summed E-state index contributed by atoms with van der Waals surface area (Å²) in [6.07, 6.45) is 2.82. The highest BCUT2D eigenvalue weighted by molar-refractivity contribution is 6.09. The van der Waals surface area contributed by atoms with Crippen molar-refractivity contribution in [3.63, 3.8) is 0 Å². The SMILES string of the molecule is N#Cc1ccc(N2CCC(C(=O)Oc3ccc(C(=O)c4ccc(F)cc4)cc3)CC2)nc1. The van der Waals surface area contributed by atoms with Crippen LogP contribution in [-0.2, 0) is 4.79 Å². The van der Waals surface area contributed by atoms with E-state index in [1.807, 2.05) is 12.1 Å². The number of piperidine rings is 1. The van der Waals surface area contributed by atoms with Gasteiger partial charge in [0.05, 0.1) is 11.5 Å². The molecule has 4 rings (SSSR count). The van der Waals surface area contributed by atoms with Gasteiger partial charge in [0.1, 0.15) is 23.5 Å². The highest BCUT2D eigenvalue weighted by Crippen LogP contribution is 2.24. The molecule has 6 nitrogen and oxygen atoms in total. The minimum atomic E-state index is -0.400. The standard InChI is InChI=1S/C25H20FN3O3/c26-21-6-2-18(3-7-21)24(30)19-4-8-22(9-5-19)32-25(31)20-11-13-29(14-12-20)23-10-1-17(15-27)16-28-23/h1-10,16,20H,11-14H2. The molecule has 1 fully saturated rings. The molecule has 0 radical (unpaired) electrons. The zero-order chi connectivity index (χ0) is 22.5. The van der Waals surface area contributed by atoms with Gasteiger partial charge in [-0.25, -0.2) is 9.37 Å². The molecule has 0 atom stereocenters. The number of hydrogen-bond acceptors (Lipinski definition) is 6. The van der Waals surface area contributed by atoms with Crippen LogP contribution in [0.4, 0.5) is 10.2 Å². The van der Waals surface area contributed by atoms with Crippen LogP contribution in [0.1, 0.15) is 34.3 Å². The molecule has 0 saturated carbocycles. The van der Waals surface area contributed by atoms with Crippen molar-refractivity contribution in [3.05, 3.63) is 89.4 Å². The monoisotopic (exact) mass is 429 g/mol. The fraction of sp³-hybridized carbons (Fsp3) is 0.200. The van der Waals surface area contributed by atoms with Gasteiger partial charge in [0.2, 0.25) is 0 Å². The summed E-state index contributed by atoms with van der Waals surface area (Å²) in [5, 5.41) is 8.88. The lowest BCUT2D eigenvalue weighted by atomic mass is 9.97. The first-order chi connectivity index (χ1) is 15.5. The van der Waals surface area contributed by atoms with Crippen molar-refractivity contribution in [3.8, 4) is 11.8 Å². The molecule has 3 aromatic rings. The van der Waals surface area contributed by atoms with Crippen LogP contribution in [0, 0.1) is 23.1 Å². The molecule has 1 saturated heterocycles. The Morgan fingerprint density at radius 1 is 0.969 bits per heavy atom. The number of esters is 1. The van der Waals surface area contributed by atoms with E-state index in [2.05, 4.69) is 9.88 Å². The Morgan fingerprint density at radius 2 is 1.59 bits per heavy atom. The number of halogens is 1. The van der Waals surface area contributed by atoms with Gasteiger partial charge in [0.25, 0.3) is 0 Å². The topological polar surface area (TPSA) is 83.3 Å². The van der Waals surface area contributed by atoms with E-state index in [9.17, 15) is 14.0 Å². The maximum Gasteiger partial charge on any atom is 0.314 e. The zero-order valence-corrected chi connectivity index (χ0v) is 17.2. The number of ether oxygens (including phenoxy) is 1. The predicted octanol–water partition coefficient (Wildman–Crippen LogP) is 4.15. The van der Waals surface area contributed by atoms with Gasteiger partial charge >= 0.3 is 5.97 Å². The van der Waals surface area contributed by atoms with Crippen LogP contribution in [0.2, 0.25) is 0 Å². The number of carbonyl (C=O) groups is 2. The Hall–Kier alpha value is -4.05. The van der Waals surface area contributed by atoms with Crippen molar-refractivity contribution in [1.82, 2.24) is 4.98 Å². The maximum atomic E-state index is 13.0. The van der Waals surface area contributed by atoms with Gasteiger partial charge in [-0.3, -0.25) is 9.59 Å². The number of rotatable bonds is 5. The quantitative estimate of drug-likeness (QED) is 0.344. The van der Waals surface area contributed by atoms with E-state index in [1.54, 1.807) is 36.5 Å². The molecule has 0 N–H and O–H groups in total. The van der Waals surface area contributed by atoms with E-state index in [0.717, 1.165) is 5.82 Å². The van der Waals surface area contributed by atoms with Gasteiger partial charge in [0.15, 0.2) is 5.78 Å². The molecule has 32 heavy (non-hydrogen) atoms.